The lowest BCUT2D eigenvalue weighted by atomic mass is 10.3. The van der Waals surface area contributed by atoms with Crippen molar-refractivity contribution in [1.82, 2.24) is 9.97 Å². The van der Waals surface area contributed by atoms with Crippen LogP contribution in [0.25, 0.3) is 11.1 Å². The van der Waals surface area contributed by atoms with Gasteiger partial charge in [0.2, 0.25) is 0 Å². The highest BCUT2D eigenvalue weighted by Crippen LogP contribution is 2.23. The molecule has 0 bridgehead atoms. The van der Waals surface area contributed by atoms with Gasteiger partial charge in [0, 0.05) is 30.5 Å². The summed E-state index contributed by atoms with van der Waals surface area (Å²) >= 11 is 1.55. The van der Waals surface area contributed by atoms with Crippen molar-refractivity contribution >= 4 is 34.1 Å². The standard InChI is InChI=1S/C12H10N4O3S/c17-16(18)9-1-2-11-10(5-9)15-12(19-11)13-4-3-8-6-20-7-14-8/h1-2,5-7H,3-4H2,(H,13,15). The van der Waals surface area contributed by atoms with Crippen LogP contribution in [0.5, 0.6) is 0 Å². The lowest BCUT2D eigenvalue weighted by molar-refractivity contribution is -0.384. The van der Waals surface area contributed by atoms with Gasteiger partial charge in [0.1, 0.15) is 5.52 Å². The number of nitro groups is 1. The van der Waals surface area contributed by atoms with Gasteiger partial charge in [-0.05, 0) is 6.07 Å². The van der Waals surface area contributed by atoms with Crippen LogP contribution < -0.4 is 5.32 Å². The average Bonchev–Trinajstić information content (AvgIpc) is 3.06. The number of nitro benzene ring substituents is 1. The highest BCUT2D eigenvalue weighted by molar-refractivity contribution is 7.07. The Labute approximate surface area is 117 Å². The molecule has 3 aromatic rings. The van der Waals surface area contributed by atoms with E-state index in [2.05, 4.69) is 15.3 Å². The van der Waals surface area contributed by atoms with E-state index in [0.717, 1.165) is 12.1 Å². The maximum atomic E-state index is 10.7. The monoisotopic (exact) mass is 290 g/mol. The maximum Gasteiger partial charge on any atom is 0.295 e. The fraction of sp³-hybridized carbons (Fsp3) is 0.167. The Bertz CT molecular complexity index is 738. The first kappa shape index (κ1) is 12.5. The van der Waals surface area contributed by atoms with Gasteiger partial charge in [0.25, 0.3) is 11.7 Å². The van der Waals surface area contributed by atoms with Gasteiger partial charge in [0.05, 0.1) is 16.1 Å². The van der Waals surface area contributed by atoms with Gasteiger partial charge in [-0.15, -0.1) is 11.3 Å². The first-order chi connectivity index (χ1) is 9.72. The van der Waals surface area contributed by atoms with Crippen molar-refractivity contribution in [2.24, 2.45) is 0 Å². The zero-order valence-corrected chi connectivity index (χ0v) is 11.1. The molecule has 7 nitrogen and oxygen atoms in total. The van der Waals surface area contributed by atoms with Crippen molar-refractivity contribution in [2.45, 2.75) is 6.42 Å². The molecular weight excluding hydrogens is 280 g/mol. The predicted molar refractivity (Wildman–Crippen MR) is 75.0 cm³/mol. The summed E-state index contributed by atoms with van der Waals surface area (Å²) in [6.07, 6.45) is 0.766. The highest BCUT2D eigenvalue weighted by Gasteiger charge is 2.11. The van der Waals surface area contributed by atoms with Crippen LogP contribution in [-0.2, 0) is 6.42 Å². The van der Waals surface area contributed by atoms with Crippen LogP contribution in [0.15, 0.2) is 33.5 Å². The number of anilines is 1. The van der Waals surface area contributed by atoms with Crippen molar-refractivity contribution in [1.29, 1.82) is 0 Å². The number of nitrogens with zero attached hydrogens (tertiary/aromatic N) is 3. The van der Waals surface area contributed by atoms with E-state index in [1.807, 2.05) is 5.38 Å². The number of hydrogen-bond donors (Lipinski definition) is 1. The molecule has 3 rings (SSSR count). The average molecular weight is 290 g/mol. The van der Waals surface area contributed by atoms with Gasteiger partial charge in [-0.25, -0.2) is 4.98 Å². The van der Waals surface area contributed by atoms with E-state index in [-0.39, 0.29) is 5.69 Å². The molecule has 0 amide bonds. The Morgan fingerprint density at radius 3 is 3.10 bits per heavy atom. The minimum absolute atomic E-state index is 0.000164. The largest absolute Gasteiger partial charge is 0.424 e. The summed E-state index contributed by atoms with van der Waals surface area (Å²) in [6, 6.07) is 4.69. The fourth-order valence-electron chi connectivity index (χ4n) is 1.76. The van der Waals surface area contributed by atoms with Crippen molar-refractivity contribution in [3.05, 3.63) is 44.9 Å². The molecule has 0 spiro atoms. The third-order valence-corrected chi connectivity index (χ3v) is 3.36. The number of benzene rings is 1. The van der Waals surface area contributed by atoms with Crippen LogP contribution in [0.2, 0.25) is 0 Å². The van der Waals surface area contributed by atoms with Gasteiger partial charge >= 0.3 is 0 Å². The van der Waals surface area contributed by atoms with Gasteiger partial charge in [0.15, 0.2) is 5.58 Å². The molecule has 0 saturated carbocycles. The number of aromatic nitrogens is 2. The van der Waals surface area contributed by atoms with E-state index in [9.17, 15) is 10.1 Å². The smallest absolute Gasteiger partial charge is 0.295 e. The minimum Gasteiger partial charge on any atom is -0.424 e. The van der Waals surface area contributed by atoms with Gasteiger partial charge in [-0.1, -0.05) is 0 Å². The molecule has 1 aromatic carbocycles. The van der Waals surface area contributed by atoms with Crippen molar-refractivity contribution in [3.8, 4) is 0 Å². The molecule has 0 atom stereocenters. The third-order valence-electron chi connectivity index (χ3n) is 2.72. The normalized spacial score (nSPS) is 10.8. The first-order valence-electron chi connectivity index (χ1n) is 5.88. The Morgan fingerprint density at radius 1 is 1.45 bits per heavy atom. The van der Waals surface area contributed by atoms with Gasteiger partial charge < -0.3 is 9.73 Å². The van der Waals surface area contributed by atoms with Gasteiger partial charge in [-0.2, -0.15) is 4.98 Å². The van der Waals surface area contributed by atoms with E-state index in [4.69, 9.17) is 4.42 Å². The molecule has 0 radical (unpaired) electrons. The molecule has 0 fully saturated rings. The number of rotatable bonds is 5. The summed E-state index contributed by atoms with van der Waals surface area (Å²) < 4.78 is 5.46. The molecule has 2 heterocycles. The summed E-state index contributed by atoms with van der Waals surface area (Å²) in [5.41, 5.74) is 3.78. The Hall–Kier alpha value is -2.48. The van der Waals surface area contributed by atoms with Crippen LogP contribution in [0.1, 0.15) is 5.69 Å². The lowest BCUT2D eigenvalue weighted by Gasteiger charge is -1.98. The second-order valence-electron chi connectivity index (χ2n) is 4.08. The minimum atomic E-state index is -0.455. The van der Waals surface area contributed by atoms with E-state index in [1.54, 1.807) is 22.9 Å². The van der Waals surface area contributed by atoms with Crippen molar-refractivity contribution in [2.75, 3.05) is 11.9 Å². The molecule has 0 saturated heterocycles. The van der Waals surface area contributed by atoms with Crippen molar-refractivity contribution < 1.29 is 9.34 Å². The van der Waals surface area contributed by atoms with Crippen LogP contribution in [-0.4, -0.2) is 21.4 Å². The van der Waals surface area contributed by atoms with Crippen LogP contribution in [0.3, 0.4) is 0 Å². The summed E-state index contributed by atoms with van der Waals surface area (Å²) in [7, 11) is 0. The van der Waals surface area contributed by atoms with E-state index >= 15 is 0 Å². The Kier molecular flexibility index (Phi) is 3.30. The zero-order valence-electron chi connectivity index (χ0n) is 10.3. The first-order valence-corrected chi connectivity index (χ1v) is 6.82. The molecule has 102 valence electrons. The fourth-order valence-corrected chi connectivity index (χ4v) is 2.36. The topological polar surface area (TPSA) is 94.1 Å². The van der Waals surface area contributed by atoms with Crippen LogP contribution in [0.4, 0.5) is 11.7 Å². The molecule has 0 unspecified atom stereocenters. The van der Waals surface area contributed by atoms with E-state index < -0.39 is 4.92 Å². The highest BCUT2D eigenvalue weighted by atomic mass is 32.1. The predicted octanol–water partition coefficient (Wildman–Crippen LogP) is 2.85. The molecular formula is C12H10N4O3S. The molecule has 0 aliphatic carbocycles. The summed E-state index contributed by atoms with van der Waals surface area (Å²) in [4.78, 5) is 18.6. The van der Waals surface area contributed by atoms with Crippen molar-refractivity contribution in [3.63, 3.8) is 0 Å². The molecule has 0 aliphatic heterocycles. The van der Waals surface area contributed by atoms with E-state index in [0.29, 0.717) is 23.7 Å². The Morgan fingerprint density at radius 2 is 2.35 bits per heavy atom. The molecule has 2 aromatic heterocycles. The second-order valence-corrected chi connectivity index (χ2v) is 4.80. The summed E-state index contributed by atoms with van der Waals surface area (Å²) in [5, 5.41) is 15.7. The number of thiazole rings is 1. The zero-order chi connectivity index (χ0) is 13.9. The van der Waals surface area contributed by atoms with Crippen LogP contribution >= 0.6 is 11.3 Å². The number of nitrogens with one attached hydrogen (secondary N) is 1. The van der Waals surface area contributed by atoms with Crippen LogP contribution in [0, 0.1) is 10.1 Å². The third kappa shape index (κ3) is 2.59. The van der Waals surface area contributed by atoms with Gasteiger partial charge in [-0.3, -0.25) is 10.1 Å². The molecule has 8 heteroatoms. The summed E-state index contributed by atoms with van der Waals surface area (Å²) in [5.74, 6) is 0. The second kappa shape index (κ2) is 5.25. The number of non-ortho nitro benzene ring substituents is 1. The SMILES string of the molecule is O=[N+]([O-])c1ccc2oc(NCCc3cscn3)nc2c1. The molecule has 1 N–H and O–H groups in total. The number of fused-ring (bicyclic) bond motifs is 1. The Balaban J connectivity index is 1.70. The quantitative estimate of drug-likeness (QED) is 0.573. The maximum absolute atomic E-state index is 10.7. The molecule has 20 heavy (non-hydrogen) atoms. The van der Waals surface area contributed by atoms with E-state index in [1.165, 1.54) is 12.1 Å². The number of hydrogen-bond acceptors (Lipinski definition) is 7. The lowest BCUT2D eigenvalue weighted by Crippen LogP contribution is -2.04. The molecule has 0 aliphatic rings. The summed E-state index contributed by atoms with van der Waals surface area (Å²) in [6.45, 7) is 0.638. The number of oxazole rings is 1.